The highest BCUT2D eigenvalue weighted by Gasteiger charge is 2.23. The van der Waals surface area contributed by atoms with Crippen molar-refractivity contribution in [1.29, 1.82) is 0 Å². The molecular formula is C32H33F5O2. The van der Waals surface area contributed by atoms with E-state index in [4.69, 9.17) is 9.47 Å². The SMILES string of the molecule is CCCCCCOc1ccc(COc2ccc(C3=CCC(c4ccc(C)c(F)c4F)CC3)cc2F)c(F)c1F. The minimum Gasteiger partial charge on any atom is -0.490 e. The Hall–Kier alpha value is -3.35. The number of hydrogen-bond donors (Lipinski definition) is 0. The van der Waals surface area contributed by atoms with Crippen LogP contribution in [0.5, 0.6) is 11.5 Å². The zero-order chi connectivity index (χ0) is 27.9. The lowest BCUT2D eigenvalue weighted by Gasteiger charge is -2.23. The zero-order valence-corrected chi connectivity index (χ0v) is 22.3. The molecule has 1 aliphatic carbocycles. The van der Waals surface area contributed by atoms with E-state index in [2.05, 4.69) is 6.92 Å². The van der Waals surface area contributed by atoms with Crippen LogP contribution in [0.2, 0.25) is 0 Å². The fraction of sp³-hybridized carbons (Fsp3) is 0.375. The summed E-state index contributed by atoms with van der Waals surface area (Å²) in [4.78, 5) is 0. The summed E-state index contributed by atoms with van der Waals surface area (Å²) >= 11 is 0. The third-order valence-corrected chi connectivity index (χ3v) is 7.22. The molecule has 0 fully saturated rings. The van der Waals surface area contributed by atoms with Crippen molar-refractivity contribution in [2.75, 3.05) is 6.61 Å². The fourth-order valence-corrected chi connectivity index (χ4v) is 4.83. The van der Waals surface area contributed by atoms with Gasteiger partial charge in [-0.1, -0.05) is 50.5 Å². The van der Waals surface area contributed by atoms with Crippen molar-refractivity contribution < 1.29 is 31.4 Å². The Bertz CT molecular complexity index is 1330. The van der Waals surface area contributed by atoms with Crippen molar-refractivity contribution in [2.45, 2.75) is 71.3 Å². The van der Waals surface area contributed by atoms with Crippen LogP contribution in [0.1, 0.15) is 80.0 Å². The van der Waals surface area contributed by atoms with Crippen molar-refractivity contribution in [2.24, 2.45) is 0 Å². The van der Waals surface area contributed by atoms with Crippen molar-refractivity contribution in [3.05, 3.63) is 99.9 Å². The van der Waals surface area contributed by atoms with Crippen molar-refractivity contribution in [1.82, 2.24) is 0 Å². The number of rotatable bonds is 11. The maximum atomic E-state index is 14.8. The first-order chi connectivity index (χ1) is 18.8. The third kappa shape index (κ3) is 6.81. The minimum atomic E-state index is -1.08. The summed E-state index contributed by atoms with van der Waals surface area (Å²) in [7, 11) is 0. The number of hydrogen-bond acceptors (Lipinski definition) is 2. The first kappa shape index (κ1) is 28.7. The van der Waals surface area contributed by atoms with Crippen molar-refractivity contribution >= 4 is 5.57 Å². The van der Waals surface area contributed by atoms with E-state index >= 15 is 0 Å². The molecule has 0 aromatic heterocycles. The van der Waals surface area contributed by atoms with E-state index in [1.807, 2.05) is 6.08 Å². The van der Waals surface area contributed by atoms with E-state index in [1.54, 1.807) is 18.2 Å². The Morgan fingerprint density at radius 1 is 0.795 bits per heavy atom. The fourth-order valence-electron chi connectivity index (χ4n) is 4.83. The predicted octanol–water partition coefficient (Wildman–Crippen LogP) is 9.58. The molecular weight excluding hydrogens is 511 g/mol. The Morgan fingerprint density at radius 3 is 2.31 bits per heavy atom. The maximum absolute atomic E-state index is 14.8. The van der Waals surface area contributed by atoms with E-state index in [1.165, 1.54) is 31.2 Å². The second-order valence-electron chi connectivity index (χ2n) is 9.99. The molecule has 0 bridgehead atoms. The molecule has 3 aromatic carbocycles. The summed E-state index contributed by atoms with van der Waals surface area (Å²) in [5.41, 5.74) is 2.15. The summed E-state index contributed by atoms with van der Waals surface area (Å²) in [5.74, 6) is -4.79. The van der Waals surface area contributed by atoms with Gasteiger partial charge >= 0.3 is 0 Å². The summed E-state index contributed by atoms with van der Waals surface area (Å²) < 4.78 is 83.0. The van der Waals surface area contributed by atoms with Gasteiger partial charge in [0.25, 0.3) is 0 Å². The Kier molecular flexibility index (Phi) is 9.65. The zero-order valence-electron chi connectivity index (χ0n) is 22.3. The van der Waals surface area contributed by atoms with Crippen LogP contribution < -0.4 is 9.47 Å². The summed E-state index contributed by atoms with van der Waals surface area (Å²) in [6.07, 6.45) is 7.47. The van der Waals surface area contributed by atoms with Gasteiger partial charge < -0.3 is 9.47 Å². The van der Waals surface area contributed by atoms with Crippen LogP contribution in [-0.2, 0) is 6.61 Å². The van der Waals surface area contributed by atoms with Gasteiger partial charge in [0, 0.05) is 5.56 Å². The average Bonchev–Trinajstić information content (AvgIpc) is 2.94. The minimum absolute atomic E-state index is 0.0462. The monoisotopic (exact) mass is 544 g/mol. The number of aryl methyl sites for hydroxylation is 1. The molecule has 208 valence electrons. The lowest BCUT2D eigenvalue weighted by Crippen LogP contribution is -2.08. The molecule has 39 heavy (non-hydrogen) atoms. The van der Waals surface area contributed by atoms with Crippen LogP contribution in [0.4, 0.5) is 22.0 Å². The first-order valence-corrected chi connectivity index (χ1v) is 13.5. The van der Waals surface area contributed by atoms with Gasteiger partial charge in [-0.2, -0.15) is 4.39 Å². The van der Waals surface area contributed by atoms with Crippen LogP contribution in [0.3, 0.4) is 0 Å². The van der Waals surface area contributed by atoms with Gasteiger partial charge in [-0.05, 0) is 85.1 Å². The largest absolute Gasteiger partial charge is 0.490 e. The van der Waals surface area contributed by atoms with E-state index in [0.717, 1.165) is 31.3 Å². The number of unbranched alkanes of at least 4 members (excludes halogenated alkanes) is 3. The Labute approximate surface area is 226 Å². The standard InChI is InChI=1S/C32H33F5O2/c1-3-4-5-6-17-38-28-16-13-24(30(35)32(28)37)19-39-27-15-12-23(18-26(27)33)21-8-10-22(11-9-21)25-14-7-20(2)29(34)31(25)36/h7-8,12-16,18,22H,3-6,9-11,17,19H2,1-2H3. The molecule has 4 rings (SSSR count). The lowest BCUT2D eigenvalue weighted by atomic mass is 9.82. The predicted molar refractivity (Wildman–Crippen MR) is 142 cm³/mol. The molecule has 0 aliphatic heterocycles. The van der Waals surface area contributed by atoms with Gasteiger partial charge in [0.05, 0.1) is 6.61 Å². The van der Waals surface area contributed by atoms with Gasteiger partial charge in [0.15, 0.2) is 34.8 Å². The molecule has 7 heteroatoms. The molecule has 1 atom stereocenters. The summed E-state index contributed by atoms with van der Waals surface area (Å²) in [6, 6.07) is 10.4. The van der Waals surface area contributed by atoms with E-state index < -0.39 is 29.1 Å². The second-order valence-corrected chi connectivity index (χ2v) is 9.99. The summed E-state index contributed by atoms with van der Waals surface area (Å²) in [5, 5.41) is 0. The van der Waals surface area contributed by atoms with E-state index in [9.17, 15) is 22.0 Å². The smallest absolute Gasteiger partial charge is 0.201 e. The molecule has 0 saturated heterocycles. The van der Waals surface area contributed by atoms with E-state index in [0.29, 0.717) is 37.0 Å². The van der Waals surface area contributed by atoms with Gasteiger partial charge in [0.1, 0.15) is 6.61 Å². The highest BCUT2D eigenvalue weighted by atomic mass is 19.2. The maximum Gasteiger partial charge on any atom is 0.201 e. The molecule has 0 N–H and O–H groups in total. The number of halogens is 5. The van der Waals surface area contributed by atoms with Crippen LogP contribution in [0.25, 0.3) is 5.57 Å². The van der Waals surface area contributed by atoms with Crippen LogP contribution in [-0.4, -0.2) is 6.61 Å². The van der Waals surface area contributed by atoms with Crippen LogP contribution >= 0.6 is 0 Å². The average molecular weight is 545 g/mol. The molecule has 0 heterocycles. The molecule has 2 nitrogen and oxygen atoms in total. The molecule has 1 aliphatic rings. The highest BCUT2D eigenvalue weighted by Crippen LogP contribution is 2.38. The Balaban J connectivity index is 1.36. The van der Waals surface area contributed by atoms with Gasteiger partial charge in [-0.25, -0.2) is 17.6 Å². The highest BCUT2D eigenvalue weighted by molar-refractivity contribution is 5.67. The number of allylic oxidation sites excluding steroid dienone is 2. The van der Waals surface area contributed by atoms with Gasteiger partial charge in [0.2, 0.25) is 5.82 Å². The topological polar surface area (TPSA) is 18.5 Å². The number of benzene rings is 3. The quantitative estimate of drug-likeness (QED) is 0.177. The molecule has 0 amide bonds. The molecule has 1 unspecified atom stereocenters. The van der Waals surface area contributed by atoms with E-state index in [-0.39, 0.29) is 35.2 Å². The van der Waals surface area contributed by atoms with Crippen molar-refractivity contribution in [3.8, 4) is 11.5 Å². The van der Waals surface area contributed by atoms with Gasteiger partial charge in [-0.3, -0.25) is 0 Å². The molecule has 0 radical (unpaired) electrons. The second kappa shape index (κ2) is 13.1. The van der Waals surface area contributed by atoms with Crippen LogP contribution in [0.15, 0.2) is 48.5 Å². The number of ether oxygens (including phenoxy) is 2. The first-order valence-electron chi connectivity index (χ1n) is 13.5. The molecule has 0 saturated carbocycles. The summed E-state index contributed by atoms with van der Waals surface area (Å²) in [6.45, 7) is 3.57. The Morgan fingerprint density at radius 2 is 1.59 bits per heavy atom. The van der Waals surface area contributed by atoms with Crippen LogP contribution in [0, 0.1) is 36.0 Å². The molecule has 3 aromatic rings. The third-order valence-electron chi connectivity index (χ3n) is 7.22. The van der Waals surface area contributed by atoms with Crippen molar-refractivity contribution in [3.63, 3.8) is 0 Å². The lowest BCUT2D eigenvalue weighted by molar-refractivity contribution is 0.271. The normalized spacial score (nSPS) is 15.3. The van der Waals surface area contributed by atoms with Gasteiger partial charge in [-0.15, -0.1) is 0 Å². The molecule has 0 spiro atoms.